The van der Waals surface area contributed by atoms with Crippen LogP contribution in [-0.4, -0.2) is 57.5 Å². The van der Waals surface area contributed by atoms with E-state index in [-0.39, 0.29) is 29.0 Å². The van der Waals surface area contributed by atoms with Crippen molar-refractivity contribution in [3.05, 3.63) is 83.9 Å². The first-order chi connectivity index (χ1) is 19.6. The first-order valence-electron chi connectivity index (χ1n) is 13.7. The number of hydrogen-bond acceptors (Lipinski definition) is 6. The van der Waals surface area contributed by atoms with Crippen LogP contribution in [0.5, 0.6) is 11.5 Å². The minimum absolute atomic E-state index is 0.0378. The van der Waals surface area contributed by atoms with E-state index in [1.54, 1.807) is 43.3 Å². The number of ether oxygens (including phenoxy) is 2. The number of amides is 2. The number of fused-ring (bicyclic) bond motifs is 1. The van der Waals surface area contributed by atoms with E-state index in [4.69, 9.17) is 9.47 Å². The van der Waals surface area contributed by atoms with Gasteiger partial charge in [-0.25, -0.2) is 8.42 Å². The number of benzene rings is 3. The number of nitrogens with one attached hydrogen (secondary N) is 1. The van der Waals surface area contributed by atoms with E-state index in [9.17, 15) is 18.0 Å². The maximum Gasteiger partial charge on any atom is 0.264 e. The summed E-state index contributed by atoms with van der Waals surface area (Å²) >= 11 is 0. The van der Waals surface area contributed by atoms with Crippen LogP contribution in [0.3, 0.4) is 0 Å². The van der Waals surface area contributed by atoms with Crippen molar-refractivity contribution in [3.8, 4) is 11.5 Å². The van der Waals surface area contributed by atoms with Crippen molar-refractivity contribution in [3.63, 3.8) is 0 Å². The number of hydrogen-bond donors (Lipinski definition) is 1. The fourth-order valence-corrected chi connectivity index (χ4v) is 5.87. The highest BCUT2D eigenvalue weighted by Gasteiger charge is 2.33. The fourth-order valence-electron chi connectivity index (χ4n) is 4.44. The summed E-state index contributed by atoms with van der Waals surface area (Å²) < 4.78 is 40.3. The average molecular weight is 580 g/mol. The molecule has 3 aromatic carbocycles. The van der Waals surface area contributed by atoms with Crippen LogP contribution in [0.2, 0.25) is 0 Å². The first-order valence-corrected chi connectivity index (χ1v) is 15.1. The molecule has 0 unspecified atom stereocenters. The van der Waals surface area contributed by atoms with E-state index in [0.717, 1.165) is 15.4 Å². The summed E-state index contributed by atoms with van der Waals surface area (Å²) in [4.78, 5) is 28.7. The monoisotopic (exact) mass is 579 g/mol. The highest BCUT2D eigenvalue weighted by Crippen LogP contribution is 2.36. The van der Waals surface area contributed by atoms with Crippen LogP contribution in [0, 0.1) is 12.8 Å². The molecule has 0 spiro atoms. The van der Waals surface area contributed by atoms with Crippen LogP contribution in [-0.2, 0) is 26.2 Å². The second kappa shape index (κ2) is 13.1. The van der Waals surface area contributed by atoms with Crippen LogP contribution in [0.4, 0.5) is 5.69 Å². The van der Waals surface area contributed by atoms with Crippen LogP contribution in [0.1, 0.15) is 31.9 Å². The molecule has 218 valence electrons. The molecule has 2 amide bonds. The van der Waals surface area contributed by atoms with E-state index < -0.39 is 28.5 Å². The number of nitrogens with zero attached hydrogens (tertiary/aromatic N) is 2. The number of rotatable bonds is 11. The Hall–Kier alpha value is -4.05. The molecule has 9 nitrogen and oxygen atoms in total. The van der Waals surface area contributed by atoms with Crippen LogP contribution in [0.25, 0.3) is 0 Å². The molecule has 1 aliphatic heterocycles. The average Bonchev–Trinajstić information content (AvgIpc) is 2.97. The predicted molar refractivity (Wildman–Crippen MR) is 157 cm³/mol. The quantitative estimate of drug-likeness (QED) is 0.366. The summed E-state index contributed by atoms with van der Waals surface area (Å²) in [6.45, 7) is 8.36. The zero-order valence-corrected chi connectivity index (χ0v) is 24.7. The maximum atomic E-state index is 14.1. The Bertz CT molecular complexity index is 1480. The van der Waals surface area contributed by atoms with E-state index in [1.807, 2.05) is 45.0 Å². The lowest BCUT2D eigenvalue weighted by Gasteiger charge is -2.32. The van der Waals surface area contributed by atoms with Crippen LogP contribution < -0.4 is 19.1 Å². The Kier molecular flexibility index (Phi) is 9.54. The zero-order chi connectivity index (χ0) is 29.6. The maximum absolute atomic E-state index is 14.1. The van der Waals surface area contributed by atoms with Crippen molar-refractivity contribution in [1.29, 1.82) is 0 Å². The van der Waals surface area contributed by atoms with Gasteiger partial charge < -0.3 is 19.7 Å². The first kappa shape index (κ1) is 29.9. The number of anilines is 1. The Labute approximate surface area is 242 Å². The SMILES string of the molecule is Cc1ccccc1CN(C(=O)CN(c1ccc2c(c1)OCCO2)S(=O)(=O)c1ccccc1)[C@@H](C)C(=O)NCC(C)C. The Morgan fingerprint density at radius 1 is 0.902 bits per heavy atom. The molecule has 41 heavy (non-hydrogen) atoms. The van der Waals surface area contributed by atoms with Gasteiger partial charge in [0.1, 0.15) is 25.8 Å². The molecule has 0 aliphatic carbocycles. The lowest BCUT2D eigenvalue weighted by molar-refractivity contribution is -0.139. The second-order valence-corrected chi connectivity index (χ2v) is 12.3. The Morgan fingerprint density at radius 2 is 1.56 bits per heavy atom. The van der Waals surface area contributed by atoms with Crippen molar-refractivity contribution >= 4 is 27.5 Å². The fraction of sp³-hybridized carbons (Fsp3) is 0.355. The van der Waals surface area contributed by atoms with Gasteiger partial charge in [0.15, 0.2) is 11.5 Å². The summed E-state index contributed by atoms with van der Waals surface area (Å²) in [5.41, 5.74) is 2.07. The molecule has 0 fully saturated rings. The lowest BCUT2D eigenvalue weighted by Crippen LogP contribution is -2.51. The van der Waals surface area contributed by atoms with E-state index in [1.165, 1.54) is 17.0 Å². The molecule has 4 rings (SSSR count). The molecule has 1 aliphatic rings. The molecule has 0 bridgehead atoms. The van der Waals surface area contributed by atoms with Gasteiger partial charge in [-0.15, -0.1) is 0 Å². The third kappa shape index (κ3) is 7.18. The molecule has 10 heteroatoms. The van der Waals surface area contributed by atoms with Gasteiger partial charge in [-0.1, -0.05) is 56.3 Å². The van der Waals surface area contributed by atoms with Gasteiger partial charge in [0, 0.05) is 19.2 Å². The number of carbonyl (C=O) groups excluding carboxylic acids is 2. The topological polar surface area (TPSA) is 105 Å². The third-order valence-corrected chi connectivity index (χ3v) is 8.67. The van der Waals surface area contributed by atoms with Crippen LogP contribution in [0.15, 0.2) is 77.7 Å². The Balaban J connectivity index is 1.72. The van der Waals surface area contributed by atoms with Crippen LogP contribution >= 0.6 is 0 Å². The van der Waals surface area contributed by atoms with Crippen molar-refractivity contribution in [2.24, 2.45) is 5.92 Å². The highest BCUT2D eigenvalue weighted by molar-refractivity contribution is 7.92. The van der Waals surface area contributed by atoms with Crippen molar-refractivity contribution in [2.45, 2.75) is 45.2 Å². The largest absolute Gasteiger partial charge is 0.486 e. The summed E-state index contributed by atoms with van der Waals surface area (Å²) in [6, 6.07) is 19.5. The predicted octanol–water partition coefficient (Wildman–Crippen LogP) is 4.15. The van der Waals surface area contributed by atoms with Gasteiger partial charge in [0.25, 0.3) is 10.0 Å². The molecular formula is C31H37N3O6S. The van der Waals surface area contributed by atoms with Crippen molar-refractivity contribution in [1.82, 2.24) is 10.2 Å². The molecule has 0 saturated carbocycles. The number of carbonyl (C=O) groups is 2. The smallest absolute Gasteiger partial charge is 0.264 e. The van der Waals surface area contributed by atoms with E-state index in [2.05, 4.69) is 5.32 Å². The van der Waals surface area contributed by atoms with Crippen molar-refractivity contribution < 1.29 is 27.5 Å². The lowest BCUT2D eigenvalue weighted by atomic mass is 10.1. The van der Waals surface area contributed by atoms with E-state index in [0.29, 0.717) is 31.3 Å². The van der Waals surface area contributed by atoms with Gasteiger partial charge in [-0.2, -0.15) is 0 Å². The summed E-state index contributed by atoms with van der Waals surface area (Å²) in [5.74, 6) is 0.299. The standard InChI is InChI=1S/C31H37N3O6S/c1-22(2)19-32-31(36)24(4)33(20-25-11-9-8-10-23(25)3)30(35)21-34(41(37,38)27-12-6-5-7-13-27)26-14-15-28-29(18-26)40-17-16-39-28/h5-15,18,22,24H,16-17,19-21H2,1-4H3,(H,32,36)/t24-/m0/s1. The van der Waals surface area contributed by atoms with E-state index >= 15 is 0 Å². The molecule has 3 aromatic rings. The number of sulfonamides is 1. The highest BCUT2D eigenvalue weighted by atomic mass is 32.2. The minimum Gasteiger partial charge on any atom is -0.486 e. The Morgan fingerprint density at radius 3 is 2.24 bits per heavy atom. The van der Waals surface area contributed by atoms with Gasteiger partial charge >= 0.3 is 0 Å². The zero-order valence-electron chi connectivity index (χ0n) is 23.9. The molecule has 0 aromatic heterocycles. The molecule has 1 atom stereocenters. The van der Waals surface area contributed by atoms with Gasteiger partial charge in [-0.05, 0) is 55.2 Å². The molecular weight excluding hydrogens is 542 g/mol. The normalized spacial score (nSPS) is 13.4. The summed E-state index contributed by atoms with van der Waals surface area (Å²) in [5, 5.41) is 2.90. The third-order valence-electron chi connectivity index (χ3n) is 6.88. The summed E-state index contributed by atoms with van der Waals surface area (Å²) in [6.07, 6.45) is 0. The van der Waals surface area contributed by atoms with Gasteiger partial charge in [-0.3, -0.25) is 13.9 Å². The molecule has 0 radical (unpaired) electrons. The van der Waals surface area contributed by atoms with Gasteiger partial charge in [0.2, 0.25) is 11.8 Å². The summed E-state index contributed by atoms with van der Waals surface area (Å²) in [7, 11) is -4.17. The minimum atomic E-state index is -4.17. The molecule has 1 N–H and O–H groups in total. The molecule has 0 saturated heterocycles. The van der Waals surface area contributed by atoms with Gasteiger partial charge in [0.05, 0.1) is 10.6 Å². The number of aryl methyl sites for hydroxylation is 1. The van der Waals surface area contributed by atoms with Crippen molar-refractivity contribution in [2.75, 3.05) is 30.6 Å². The second-order valence-electron chi connectivity index (χ2n) is 10.4. The molecule has 1 heterocycles.